The molecule has 0 saturated carbocycles. The van der Waals surface area contributed by atoms with E-state index in [0.717, 1.165) is 37.7 Å². The van der Waals surface area contributed by atoms with Gasteiger partial charge in [-0.05, 0) is 57.7 Å². The maximum atomic E-state index is 5.77. The van der Waals surface area contributed by atoms with E-state index in [1.165, 1.54) is 44.5 Å². The van der Waals surface area contributed by atoms with Gasteiger partial charge in [-0.1, -0.05) is 24.6 Å². The molecule has 5 nitrogen and oxygen atoms in total. The summed E-state index contributed by atoms with van der Waals surface area (Å²) in [6, 6.07) is 8.77. The highest BCUT2D eigenvalue weighted by atomic mass is 127. The third-order valence-corrected chi connectivity index (χ3v) is 4.85. The fourth-order valence-corrected chi connectivity index (χ4v) is 3.26. The normalized spacial score (nSPS) is 15.9. The first kappa shape index (κ1) is 24.0. The molecule has 0 spiro atoms. The van der Waals surface area contributed by atoms with Crippen molar-refractivity contribution in [2.24, 2.45) is 4.99 Å². The van der Waals surface area contributed by atoms with Crippen molar-refractivity contribution in [2.45, 2.75) is 52.0 Å². The second kappa shape index (κ2) is 14.0. The Kier molecular flexibility index (Phi) is 12.5. The van der Waals surface area contributed by atoms with Gasteiger partial charge in [0, 0.05) is 32.7 Å². The Morgan fingerprint density at radius 3 is 2.52 bits per heavy atom. The number of unbranched alkanes of at least 4 members (excludes halogenated alkanes) is 1. The molecular weight excluding hydrogens is 451 g/mol. The van der Waals surface area contributed by atoms with Crippen LogP contribution in [-0.2, 0) is 0 Å². The minimum Gasteiger partial charge on any atom is -0.494 e. The average Bonchev–Trinajstić information content (AvgIpc) is 2.66. The number of hydrogen-bond donors (Lipinski definition) is 2. The Balaban J connectivity index is 0.00000364. The summed E-state index contributed by atoms with van der Waals surface area (Å²) < 4.78 is 5.77. The third-order valence-electron chi connectivity index (χ3n) is 4.85. The van der Waals surface area contributed by atoms with E-state index in [9.17, 15) is 0 Å². The van der Waals surface area contributed by atoms with Gasteiger partial charge in [0.05, 0.1) is 6.61 Å². The van der Waals surface area contributed by atoms with Gasteiger partial charge in [0.25, 0.3) is 0 Å². The summed E-state index contributed by atoms with van der Waals surface area (Å²) in [7, 11) is 1.85. The van der Waals surface area contributed by atoms with Crippen molar-refractivity contribution in [2.75, 3.05) is 39.8 Å². The standard InChI is InChI=1S/C21H36N4O.HI/c1-4-14-25-15-11-19(12-16-25)24-21(22-3)23-13-5-6-17-26-20-9-7-18(2)8-10-20;/h7-10,19H,4-6,11-17H2,1-3H3,(H2,22,23,24);1H. The van der Waals surface area contributed by atoms with E-state index in [-0.39, 0.29) is 24.0 Å². The van der Waals surface area contributed by atoms with Crippen LogP contribution in [0.4, 0.5) is 0 Å². The van der Waals surface area contributed by atoms with Crippen molar-refractivity contribution in [1.82, 2.24) is 15.5 Å². The predicted molar refractivity (Wildman–Crippen MR) is 126 cm³/mol. The zero-order chi connectivity index (χ0) is 18.6. The van der Waals surface area contributed by atoms with Crippen LogP contribution in [0.5, 0.6) is 5.75 Å². The number of rotatable bonds is 9. The van der Waals surface area contributed by atoms with Gasteiger partial charge in [0.1, 0.15) is 5.75 Å². The molecule has 1 aliphatic heterocycles. The van der Waals surface area contributed by atoms with E-state index in [2.05, 4.69) is 46.5 Å². The van der Waals surface area contributed by atoms with Gasteiger partial charge in [-0.3, -0.25) is 4.99 Å². The molecule has 0 unspecified atom stereocenters. The minimum absolute atomic E-state index is 0. The number of guanidine groups is 1. The number of ether oxygens (including phenoxy) is 1. The zero-order valence-electron chi connectivity index (χ0n) is 17.2. The predicted octanol–water partition coefficient (Wildman–Crippen LogP) is 3.81. The molecule has 1 aromatic rings. The third kappa shape index (κ3) is 9.65. The highest BCUT2D eigenvalue weighted by Gasteiger charge is 2.19. The Labute approximate surface area is 182 Å². The molecule has 1 heterocycles. The van der Waals surface area contributed by atoms with Gasteiger partial charge in [0.15, 0.2) is 5.96 Å². The fraction of sp³-hybridized carbons (Fsp3) is 0.667. The van der Waals surface area contributed by atoms with Crippen molar-refractivity contribution < 1.29 is 4.74 Å². The van der Waals surface area contributed by atoms with Gasteiger partial charge in [-0.15, -0.1) is 24.0 Å². The lowest BCUT2D eigenvalue weighted by Crippen LogP contribution is -2.48. The van der Waals surface area contributed by atoms with E-state index in [1.807, 2.05) is 19.2 Å². The van der Waals surface area contributed by atoms with Gasteiger partial charge < -0.3 is 20.3 Å². The molecule has 0 aromatic heterocycles. The van der Waals surface area contributed by atoms with Crippen molar-refractivity contribution in [3.63, 3.8) is 0 Å². The lowest BCUT2D eigenvalue weighted by Gasteiger charge is -2.32. The van der Waals surface area contributed by atoms with Gasteiger partial charge >= 0.3 is 0 Å². The number of halogens is 1. The first-order chi connectivity index (χ1) is 12.7. The van der Waals surface area contributed by atoms with Gasteiger partial charge in [-0.25, -0.2) is 0 Å². The lowest BCUT2D eigenvalue weighted by atomic mass is 10.1. The molecule has 1 saturated heterocycles. The Morgan fingerprint density at radius 2 is 1.89 bits per heavy atom. The molecule has 0 atom stereocenters. The number of likely N-dealkylation sites (tertiary alicyclic amines) is 1. The summed E-state index contributed by atoms with van der Waals surface area (Å²) in [6.07, 6.45) is 5.75. The molecular formula is C21H37IN4O. The molecule has 0 amide bonds. The lowest BCUT2D eigenvalue weighted by molar-refractivity contribution is 0.206. The number of piperidine rings is 1. The topological polar surface area (TPSA) is 48.9 Å². The van der Waals surface area contributed by atoms with E-state index >= 15 is 0 Å². The SMILES string of the molecule is CCCN1CCC(NC(=NC)NCCCCOc2ccc(C)cc2)CC1.I. The monoisotopic (exact) mass is 488 g/mol. The van der Waals surface area contributed by atoms with Crippen LogP contribution in [0.1, 0.15) is 44.6 Å². The number of nitrogens with one attached hydrogen (secondary N) is 2. The number of aryl methyl sites for hydroxylation is 1. The molecule has 2 rings (SSSR count). The summed E-state index contributed by atoms with van der Waals surface area (Å²) >= 11 is 0. The van der Waals surface area contributed by atoms with Crippen LogP contribution in [0.15, 0.2) is 29.3 Å². The van der Waals surface area contributed by atoms with Gasteiger partial charge in [0.2, 0.25) is 0 Å². The smallest absolute Gasteiger partial charge is 0.191 e. The largest absolute Gasteiger partial charge is 0.494 e. The van der Waals surface area contributed by atoms with E-state index in [4.69, 9.17) is 4.74 Å². The fourth-order valence-electron chi connectivity index (χ4n) is 3.26. The van der Waals surface area contributed by atoms with Crippen molar-refractivity contribution >= 4 is 29.9 Å². The number of benzene rings is 1. The number of aliphatic imine (C=N–C) groups is 1. The van der Waals surface area contributed by atoms with Crippen molar-refractivity contribution in [3.8, 4) is 5.75 Å². The molecule has 1 fully saturated rings. The molecule has 0 radical (unpaired) electrons. The van der Waals surface area contributed by atoms with Crippen LogP contribution in [0, 0.1) is 6.92 Å². The average molecular weight is 488 g/mol. The molecule has 2 N–H and O–H groups in total. The van der Waals surface area contributed by atoms with Crippen molar-refractivity contribution in [1.29, 1.82) is 0 Å². The molecule has 0 aliphatic carbocycles. The van der Waals surface area contributed by atoms with Crippen molar-refractivity contribution in [3.05, 3.63) is 29.8 Å². The second-order valence-corrected chi connectivity index (χ2v) is 7.13. The molecule has 27 heavy (non-hydrogen) atoms. The van der Waals surface area contributed by atoms with Crippen LogP contribution >= 0.6 is 24.0 Å². The van der Waals surface area contributed by atoms with Gasteiger partial charge in [-0.2, -0.15) is 0 Å². The first-order valence-electron chi connectivity index (χ1n) is 10.1. The Bertz CT molecular complexity index is 527. The van der Waals surface area contributed by atoms with Crippen LogP contribution < -0.4 is 15.4 Å². The quantitative estimate of drug-likeness (QED) is 0.240. The number of nitrogens with zero attached hydrogens (tertiary/aromatic N) is 2. The van der Waals surface area contributed by atoms with Crippen LogP contribution in [-0.4, -0.2) is 56.7 Å². The maximum Gasteiger partial charge on any atom is 0.191 e. The van der Waals surface area contributed by atoms with Crippen LogP contribution in [0.25, 0.3) is 0 Å². The Morgan fingerprint density at radius 1 is 1.19 bits per heavy atom. The van der Waals surface area contributed by atoms with Crippen LogP contribution in [0.3, 0.4) is 0 Å². The first-order valence-corrected chi connectivity index (χ1v) is 10.1. The van der Waals surface area contributed by atoms with E-state index in [0.29, 0.717) is 6.04 Å². The van der Waals surface area contributed by atoms with E-state index < -0.39 is 0 Å². The molecule has 1 aromatic carbocycles. The summed E-state index contributed by atoms with van der Waals surface area (Å²) in [5.41, 5.74) is 1.26. The summed E-state index contributed by atoms with van der Waals surface area (Å²) in [5, 5.41) is 7.00. The Hall–Kier alpha value is -1.02. The highest BCUT2D eigenvalue weighted by molar-refractivity contribution is 14.0. The number of hydrogen-bond acceptors (Lipinski definition) is 3. The minimum atomic E-state index is 0. The van der Waals surface area contributed by atoms with Crippen LogP contribution in [0.2, 0.25) is 0 Å². The molecule has 6 heteroatoms. The zero-order valence-corrected chi connectivity index (χ0v) is 19.5. The van der Waals surface area contributed by atoms with E-state index in [1.54, 1.807) is 0 Å². The summed E-state index contributed by atoms with van der Waals surface area (Å²) in [6.45, 7) is 9.63. The summed E-state index contributed by atoms with van der Waals surface area (Å²) in [5.74, 6) is 1.88. The molecule has 0 bridgehead atoms. The molecule has 154 valence electrons. The molecule has 1 aliphatic rings. The maximum absolute atomic E-state index is 5.77. The second-order valence-electron chi connectivity index (χ2n) is 7.13. The highest BCUT2D eigenvalue weighted by Crippen LogP contribution is 2.12. The summed E-state index contributed by atoms with van der Waals surface area (Å²) in [4.78, 5) is 6.92.